The highest BCUT2D eigenvalue weighted by molar-refractivity contribution is 5.61. The zero-order valence-corrected chi connectivity index (χ0v) is 11.9. The van der Waals surface area contributed by atoms with E-state index in [1.165, 1.54) is 19.0 Å². The molecular formula is C14H16N4O3. The van der Waals surface area contributed by atoms with Crippen LogP contribution in [0.5, 0.6) is 5.88 Å². The minimum absolute atomic E-state index is 0.0544. The van der Waals surface area contributed by atoms with Gasteiger partial charge in [0.25, 0.3) is 5.88 Å². The van der Waals surface area contributed by atoms with Gasteiger partial charge in [-0.2, -0.15) is 4.98 Å². The van der Waals surface area contributed by atoms with E-state index in [2.05, 4.69) is 22.2 Å². The van der Waals surface area contributed by atoms with E-state index in [0.29, 0.717) is 6.54 Å². The molecule has 0 aliphatic rings. The number of methoxy groups -OCH3 is 1. The molecule has 1 aromatic heterocycles. The number of hydrogen-bond acceptors (Lipinski definition) is 6. The fourth-order valence-electron chi connectivity index (χ4n) is 2.06. The van der Waals surface area contributed by atoms with E-state index in [1.807, 2.05) is 24.3 Å². The number of nitrogens with zero attached hydrogens (tertiary/aromatic N) is 3. The lowest BCUT2D eigenvalue weighted by atomic mass is 10.1. The maximum absolute atomic E-state index is 11.1. The second kappa shape index (κ2) is 6.65. The molecule has 1 heterocycles. The molecule has 0 amide bonds. The van der Waals surface area contributed by atoms with Crippen molar-refractivity contribution in [3.05, 3.63) is 51.8 Å². The van der Waals surface area contributed by atoms with Crippen molar-refractivity contribution in [1.29, 1.82) is 0 Å². The molecule has 0 unspecified atom stereocenters. The summed E-state index contributed by atoms with van der Waals surface area (Å²) < 4.78 is 4.91. The van der Waals surface area contributed by atoms with Crippen LogP contribution in [0.4, 0.5) is 11.5 Å². The minimum Gasteiger partial charge on any atom is -0.476 e. The van der Waals surface area contributed by atoms with Crippen molar-refractivity contribution in [1.82, 2.24) is 9.97 Å². The van der Waals surface area contributed by atoms with Gasteiger partial charge < -0.3 is 10.1 Å². The quantitative estimate of drug-likeness (QED) is 0.649. The highest BCUT2D eigenvalue weighted by Gasteiger charge is 2.23. The van der Waals surface area contributed by atoms with Crippen molar-refractivity contribution in [3.8, 4) is 5.88 Å². The van der Waals surface area contributed by atoms with Crippen LogP contribution in [0.15, 0.2) is 30.6 Å². The van der Waals surface area contributed by atoms with Gasteiger partial charge in [-0.15, -0.1) is 0 Å². The largest absolute Gasteiger partial charge is 0.476 e. The van der Waals surface area contributed by atoms with Crippen LogP contribution < -0.4 is 10.1 Å². The molecule has 0 fully saturated rings. The second-order valence-corrected chi connectivity index (χ2v) is 4.31. The molecule has 0 spiro atoms. The topological polar surface area (TPSA) is 90.2 Å². The van der Waals surface area contributed by atoms with Gasteiger partial charge >= 0.3 is 5.69 Å². The van der Waals surface area contributed by atoms with E-state index in [0.717, 1.165) is 12.0 Å². The van der Waals surface area contributed by atoms with Gasteiger partial charge in [0.2, 0.25) is 5.82 Å². The highest BCUT2D eigenvalue weighted by Crippen LogP contribution is 2.30. The van der Waals surface area contributed by atoms with Gasteiger partial charge in [-0.3, -0.25) is 10.1 Å². The van der Waals surface area contributed by atoms with E-state index < -0.39 is 4.92 Å². The molecule has 7 heteroatoms. The number of rotatable bonds is 6. The molecule has 2 aromatic rings. The Kier molecular flexibility index (Phi) is 4.65. The van der Waals surface area contributed by atoms with Crippen LogP contribution >= 0.6 is 0 Å². The van der Waals surface area contributed by atoms with E-state index in [-0.39, 0.29) is 17.4 Å². The molecule has 0 saturated carbocycles. The molecule has 0 aliphatic heterocycles. The van der Waals surface area contributed by atoms with Gasteiger partial charge in [-0.1, -0.05) is 31.2 Å². The molecule has 0 bridgehead atoms. The minimum atomic E-state index is -0.549. The summed E-state index contributed by atoms with van der Waals surface area (Å²) >= 11 is 0. The molecule has 21 heavy (non-hydrogen) atoms. The van der Waals surface area contributed by atoms with Crippen molar-refractivity contribution in [2.45, 2.75) is 19.9 Å². The maximum atomic E-state index is 11.1. The van der Waals surface area contributed by atoms with E-state index in [9.17, 15) is 10.1 Å². The molecule has 2 rings (SSSR count). The summed E-state index contributed by atoms with van der Waals surface area (Å²) in [5, 5.41) is 14.1. The summed E-state index contributed by atoms with van der Waals surface area (Å²) in [4.78, 5) is 18.3. The number of hydrogen-bond donors (Lipinski definition) is 1. The Balaban J connectivity index is 2.26. The molecule has 0 atom stereocenters. The van der Waals surface area contributed by atoms with Gasteiger partial charge in [0, 0.05) is 6.54 Å². The third-order valence-electron chi connectivity index (χ3n) is 3.11. The standard InChI is InChI=1S/C14H16N4O3/c1-3-10-6-4-5-7-11(10)8-15-13-12(18(19)20)14(21-2)17-9-16-13/h4-7,9H,3,8H2,1-2H3,(H,15,16,17). The first kappa shape index (κ1) is 14.7. The lowest BCUT2D eigenvalue weighted by Crippen LogP contribution is -2.08. The van der Waals surface area contributed by atoms with Gasteiger partial charge in [-0.25, -0.2) is 4.98 Å². The molecule has 7 nitrogen and oxygen atoms in total. The first-order valence-electron chi connectivity index (χ1n) is 6.51. The van der Waals surface area contributed by atoms with Crippen LogP contribution in [-0.4, -0.2) is 22.0 Å². The Morgan fingerprint density at radius 2 is 2.00 bits per heavy atom. The number of ether oxygens (including phenoxy) is 1. The average Bonchev–Trinajstić information content (AvgIpc) is 2.52. The van der Waals surface area contributed by atoms with Crippen LogP contribution in [0.25, 0.3) is 0 Å². The SMILES string of the molecule is CCc1ccccc1CNc1ncnc(OC)c1[N+](=O)[O-]. The number of nitrogens with one attached hydrogen (secondary N) is 1. The van der Waals surface area contributed by atoms with Crippen LogP contribution in [0.3, 0.4) is 0 Å². The normalized spacial score (nSPS) is 10.2. The highest BCUT2D eigenvalue weighted by atomic mass is 16.6. The van der Waals surface area contributed by atoms with E-state index in [1.54, 1.807) is 0 Å². The molecule has 110 valence electrons. The Labute approximate surface area is 122 Å². The molecule has 1 N–H and O–H groups in total. The second-order valence-electron chi connectivity index (χ2n) is 4.31. The van der Waals surface area contributed by atoms with Crippen LogP contribution in [0.1, 0.15) is 18.1 Å². The van der Waals surface area contributed by atoms with Gasteiger partial charge in [0.15, 0.2) is 0 Å². The van der Waals surface area contributed by atoms with Gasteiger partial charge in [0.05, 0.1) is 12.0 Å². The first-order valence-corrected chi connectivity index (χ1v) is 6.51. The molecule has 0 saturated heterocycles. The smallest absolute Gasteiger partial charge is 0.372 e. The number of aromatic nitrogens is 2. The Morgan fingerprint density at radius 1 is 1.29 bits per heavy atom. The van der Waals surface area contributed by atoms with Crippen molar-refractivity contribution in [3.63, 3.8) is 0 Å². The molecule has 1 aromatic carbocycles. The van der Waals surface area contributed by atoms with Crippen molar-refractivity contribution in [2.24, 2.45) is 0 Å². The summed E-state index contributed by atoms with van der Waals surface area (Å²) in [6.07, 6.45) is 2.13. The fraction of sp³-hybridized carbons (Fsp3) is 0.286. The fourth-order valence-corrected chi connectivity index (χ4v) is 2.06. The Hall–Kier alpha value is -2.70. The summed E-state index contributed by atoms with van der Waals surface area (Å²) in [7, 11) is 1.34. The van der Waals surface area contributed by atoms with E-state index >= 15 is 0 Å². The summed E-state index contributed by atoms with van der Waals surface area (Å²) in [5.41, 5.74) is 2.01. The number of nitro groups is 1. The summed E-state index contributed by atoms with van der Waals surface area (Å²) in [5.74, 6) is 0.0963. The zero-order valence-electron chi connectivity index (χ0n) is 11.9. The van der Waals surface area contributed by atoms with Gasteiger partial charge in [-0.05, 0) is 17.5 Å². The third kappa shape index (κ3) is 3.25. The zero-order chi connectivity index (χ0) is 15.2. The average molecular weight is 288 g/mol. The van der Waals surface area contributed by atoms with Crippen LogP contribution in [0, 0.1) is 10.1 Å². The lowest BCUT2D eigenvalue weighted by Gasteiger charge is -2.10. The molecule has 0 radical (unpaired) electrons. The van der Waals surface area contributed by atoms with Crippen LogP contribution in [0.2, 0.25) is 0 Å². The summed E-state index contributed by atoms with van der Waals surface area (Å²) in [6, 6.07) is 7.92. The summed E-state index contributed by atoms with van der Waals surface area (Å²) in [6.45, 7) is 2.51. The Bertz CT molecular complexity index is 646. The maximum Gasteiger partial charge on any atom is 0.372 e. The predicted molar refractivity (Wildman–Crippen MR) is 78.4 cm³/mol. The monoisotopic (exact) mass is 288 g/mol. The first-order chi connectivity index (χ1) is 10.2. The predicted octanol–water partition coefficient (Wildman–Crippen LogP) is 2.57. The van der Waals surface area contributed by atoms with Crippen LogP contribution in [-0.2, 0) is 13.0 Å². The Morgan fingerprint density at radius 3 is 2.62 bits per heavy atom. The third-order valence-corrected chi connectivity index (χ3v) is 3.11. The van der Waals surface area contributed by atoms with Gasteiger partial charge in [0.1, 0.15) is 6.33 Å². The number of benzene rings is 1. The van der Waals surface area contributed by atoms with Crippen molar-refractivity contribution in [2.75, 3.05) is 12.4 Å². The van der Waals surface area contributed by atoms with E-state index in [4.69, 9.17) is 4.74 Å². The lowest BCUT2D eigenvalue weighted by molar-refractivity contribution is -0.385. The molecule has 0 aliphatic carbocycles. The number of aryl methyl sites for hydroxylation is 1. The molecular weight excluding hydrogens is 272 g/mol. The number of anilines is 1. The van der Waals surface area contributed by atoms with Crippen molar-refractivity contribution >= 4 is 11.5 Å². The van der Waals surface area contributed by atoms with Crippen molar-refractivity contribution < 1.29 is 9.66 Å².